The van der Waals surface area contributed by atoms with Crippen LogP contribution in [0.4, 0.5) is 0 Å². The molecule has 6 heteroatoms. The predicted octanol–water partition coefficient (Wildman–Crippen LogP) is 2.93. The molecule has 0 atom stereocenters. The van der Waals surface area contributed by atoms with Crippen LogP contribution < -0.4 is 5.56 Å². The second-order valence-corrected chi connectivity index (χ2v) is 5.52. The summed E-state index contributed by atoms with van der Waals surface area (Å²) in [5.41, 5.74) is 1.47. The topological polar surface area (TPSA) is 63.6 Å². The Kier molecular flexibility index (Phi) is 4.19. The van der Waals surface area contributed by atoms with Gasteiger partial charge < -0.3 is 4.98 Å². The molecule has 1 N–H and O–H groups in total. The van der Waals surface area contributed by atoms with Crippen molar-refractivity contribution in [3.05, 3.63) is 32.9 Å². The molecular weight excluding hydrogens is 308 g/mol. The maximum Gasteiger partial charge on any atom is 0.265 e. The quantitative estimate of drug-likeness (QED) is 0.940. The highest BCUT2D eigenvalue weighted by Crippen LogP contribution is 2.18. The number of nitrogens with one attached hydrogen (secondary N) is 1. The first-order valence-electron chi connectivity index (χ1n) is 6.36. The number of rotatable bonds is 4. The van der Waals surface area contributed by atoms with Crippen molar-refractivity contribution in [2.24, 2.45) is 0 Å². The fourth-order valence-corrected chi connectivity index (χ4v) is 2.17. The second-order valence-electron chi connectivity index (χ2n) is 4.73. The normalized spacial score (nSPS) is 11.2. The van der Waals surface area contributed by atoms with E-state index >= 15 is 0 Å². The lowest BCUT2D eigenvalue weighted by atomic mass is 10.2. The van der Waals surface area contributed by atoms with Crippen LogP contribution in [0.1, 0.15) is 38.9 Å². The average molecular weight is 325 g/mol. The number of aromatic amines is 1. The molecule has 2 rings (SSSR count). The molecule has 19 heavy (non-hydrogen) atoms. The molecule has 2 aromatic rings. The third kappa shape index (κ3) is 2.94. The van der Waals surface area contributed by atoms with E-state index in [4.69, 9.17) is 0 Å². The molecule has 0 saturated heterocycles. The van der Waals surface area contributed by atoms with Gasteiger partial charge in [0.2, 0.25) is 0 Å². The first-order chi connectivity index (χ1) is 9.02. The van der Waals surface area contributed by atoms with Gasteiger partial charge in [-0.2, -0.15) is 5.10 Å². The number of H-pyrrole nitrogens is 1. The van der Waals surface area contributed by atoms with Gasteiger partial charge in [0, 0.05) is 12.2 Å². The summed E-state index contributed by atoms with van der Waals surface area (Å²) in [6, 6.07) is 0.283. The second kappa shape index (κ2) is 5.69. The van der Waals surface area contributed by atoms with Crippen molar-refractivity contribution in [3.8, 4) is 11.4 Å². The number of aromatic nitrogens is 4. The molecule has 0 fully saturated rings. The van der Waals surface area contributed by atoms with E-state index in [1.807, 2.05) is 10.9 Å². The van der Waals surface area contributed by atoms with Crippen molar-refractivity contribution < 1.29 is 0 Å². The fraction of sp³-hybridized carbons (Fsp3) is 0.462. The number of nitrogens with zero attached hydrogens (tertiary/aromatic N) is 3. The third-order valence-electron chi connectivity index (χ3n) is 2.82. The lowest BCUT2D eigenvalue weighted by molar-refractivity contribution is 0.532. The average Bonchev–Trinajstić information content (AvgIpc) is 2.84. The Morgan fingerprint density at radius 3 is 2.79 bits per heavy atom. The molecular formula is C13H17BrN4O. The Balaban J connectivity index is 2.46. The van der Waals surface area contributed by atoms with Crippen LogP contribution in [0.25, 0.3) is 11.4 Å². The van der Waals surface area contributed by atoms with Gasteiger partial charge in [-0.05, 0) is 36.2 Å². The van der Waals surface area contributed by atoms with E-state index in [0.29, 0.717) is 10.3 Å². The highest BCUT2D eigenvalue weighted by molar-refractivity contribution is 9.10. The van der Waals surface area contributed by atoms with Crippen LogP contribution in [0.15, 0.2) is 21.7 Å². The molecule has 2 heterocycles. The SMILES string of the molecule is CCCc1nc(-c2cnn(C(C)C)c2)[nH]c(=O)c1Br. The Morgan fingerprint density at radius 2 is 2.21 bits per heavy atom. The standard InChI is InChI=1S/C13H17BrN4O/c1-4-5-10-11(14)13(19)17-12(16-10)9-6-15-18(7-9)8(2)3/h6-8H,4-5H2,1-3H3,(H,16,17,19). The number of hydrogen-bond acceptors (Lipinski definition) is 3. The van der Waals surface area contributed by atoms with Gasteiger partial charge in [0.15, 0.2) is 0 Å². The van der Waals surface area contributed by atoms with Gasteiger partial charge in [-0.1, -0.05) is 13.3 Å². The molecule has 0 radical (unpaired) electrons. The first-order valence-corrected chi connectivity index (χ1v) is 7.15. The molecule has 0 amide bonds. The van der Waals surface area contributed by atoms with Crippen LogP contribution in [-0.2, 0) is 6.42 Å². The van der Waals surface area contributed by atoms with Crippen molar-refractivity contribution in [2.75, 3.05) is 0 Å². The fourth-order valence-electron chi connectivity index (χ4n) is 1.79. The largest absolute Gasteiger partial charge is 0.305 e. The van der Waals surface area contributed by atoms with Gasteiger partial charge in [0.25, 0.3) is 5.56 Å². The summed E-state index contributed by atoms with van der Waals surface area (Å²) in [4.78, 5) is 19.2. The zero-order valence-corrected chi connectivity index (χ0v) is 12.9. The Labute approximate surface area is 120 Å². The van der Waals surface area contributed by atoms with Gasteiger partial charge >= 0.3 is 0 Å². The minimum absolute atomic E-state index is 0.147. The molecule has 2 aromatic heterocycles. The van der Waals surface area contributed by atoms with E-state index in [1.54, 1.807) is 6.20 Å². The summed E-state index contributed by atoms with van der Waals surface area (Å²) >= 11 is 3.29. The van der Waals surface area contributed by atoms with Gasteiger partial charge in [0.1, 0.15) is 10.3 Å². The van der Waals surface area contributed by atoms with Crippen molar-refractivity contribution in [3.63, 3.8) is 0 Å². The number of halogens is 1. The molecule has 0 saturated carbocycles. The van der Waals surface area contributed by atoms with Crippen LogP contribution in [0.5, 0.6) is 0 Å². The molecule has 102 valence electrons. The van der Waals surface area contributed by atoms with E-state index in [9.17, 15) is 4.79 Å². The monoisotopic (exact) mass is 324 g/mol. The smallest absolute Gasteiger partial charge is 0.265 e. The summed E-state index contributed by atoms with van der Waals surface area (Å²) in [7, 11) is 0. The molecule has 0 spiro atoms. The summed E-state index contributed by atoms with van der Waals surface area (Å²) in [6.45, 7) is 6.17. The molecule has 0 aliphatic carbocycles. The van der Waals surface area contributed by atoms with Crippen LogP contribution in [0.3, 0.4) is 0 Å². The Bertz CT molecular complexity index is 630. The van der Waals surface area contributed by atoms with Crippen LogP contribution in [0.2, 0.25) is 0 Å². The van der Waals surface area contributed by atoms with E-state index < -0.39 is 0 Å². The van der Waals surface area contributed by atoms with Crippen molar-refractivity contribution >= 4 is 15.9 Å². The highest BCUT2D eigenvalue weighted by atomic mass is 79.9. The Morgan fingerprint density at radius 1 is 1.47 bits per heavy atom. The zero-order chi connectivity index (χ0) is 14.0. The Hall–Kier alpha value is -1.43. The molecule has 0 aliphatic heterocycles. The van der Waals surface area contributed by atoms with Crippen LogP contribution in [0, 0.1) is 0 Å². The zero-order valence-electron chi connectivity index (χ0n) is 11.3. The maximum atomic E-state index is 11.9. The first kappa shape index (κ1) is 14.0. The van der Waals surface area contributed by atoms with Crippen molar-refractivity contribution in [2.45, 2.75) is 39.7 Å². The lowest BCUT2D eigenvalue weighted by Gasteiger charge is -2.05. The summed E-state index contributed by atoms with van der Waals surface area (Å²) in [5.74, 6) is 0.573. The minimum Gasteiger partial charge on any atom is -0.305 e. The molecule has 5 nitrogen and oxygen atoms in total. The maximum absolute atomic E-state index is 11.9. The van der Waals surface area contributed by atoms with Crippen LogP contribution >= 0.6 is 15.9 Å². The third-order valence-corrected chi connectivity index (χ3v) is 3.64. The van der Waals surface area contributed by atoms with Crippen LogP contribution in [-0.4, -0.2) is 19.7 Å². The summed E-state index contributed by atoms with van der Waals surface area (Å²) in [5, 5.41) is 4.26. The van der Waals surface area contributed by atoms with E-state index in [2.05, 4.69) is 51.8 Å². The van der Waals surface area contributed by atoms with E-state index in [-0.39, 0.29) is 11.6 Å². The van der Waals surface area contributed by atoms with Gasteiger partial charge in [-0.3, -0.25) is 9.48 Å². The summed E-state index contributed by atoms with van der Waals surface area (Å²) in [6.07, 6.45) is 5.34. The number of hydrogen-bond donors (Lipinski definition) is 1. The molecule has 0 aromatic carbocycles. The van der Waals surface area contributed by atoms with E-state index in [0.717, 1.165) is 24.1 Å². The predicted molar refractivity (Wildman–Crippen MR) is 78.2 cm³/mol. The van der Waals surface area contributed by atoms with E-state index in [1.165, 1.54) is 0 Å². The van der Waals surface area contributed by atoms with Crippen molar-refractivity contribution in [1.82, 2.24) is 19.7 Å². The van der Waals surface area contributed by atoms with Gasteiger partial charge in [-0.25, -0.2) is 4.98 Å². The summed E-state index contributed by atoms with van der Waals surface area (Å²) < 4.78 is 2.37. The minimum atomic E-state index is -0.147. The lowest BCUT2D eigenvalue weighted by Crippen LogP contribution is -2.13. The molecule has 0 aliphatic rings. The molecule has 0 unspecified atom stereocenters. The van der Waals surface area contributed by atoms with Crippen molar-refractivity contribution in [1.29, 1.82) is 0 Å². The number of aryl methyl sites for hydroxylation is 1. The molecule has 0 bridgehead atoms. The highest BCUT2D eigenvalue weighted by Gasteiger charge is 2.11. The van der Waals surface area contributed by atoms with Gasteiger partial charge in [-0.15, -0.1) is 0 Å². The van der Waals surface area contributed by atoms with Gasteiger partial charge in [0.05, 0.1) is 17.5 Å².